The van der Waals surface area contributed by atoms with Crippen LogP contribution in [0.15, 0.2) is 34.8 Å². The fourth-order valence-corrected chi connectivity index (χ4v) is 3.29. The van der Waals surface area contributed by atoms with Gasteiger partial charge in [-0.1, -0.05) is 28.1 Å². The molecule has 1 N–H and O–H groups in total. The number of nitrogens with one attached hydrogen (secondary N) is 1. The second-order valence-electron chi connectivity index (χ2n) is 5.66. The molecular weight excluding hydrogens is 314 g/mol. The third-order valence-electron chi connectivity index (χ3n) is 4.19. The summed E-state index contributed by atoms with van der Waals surface area (Å²) in [7, 11) is 0. The lowest BCUT2D eigenvalue weighted by Crippen LogP contribution is -2.58. The van der Waals surface area contributed by atoms with Gasteiger partial charge in [0, 0.05) is 41.6 Å². The highest BCUT2D eigenvalue weighted by Crippen LogP contribution is 2.33. The van der Waals surface area contributed by atoms with E-state index >= 15 is 0 Å². The van der Waals surface area contributed by atoms with E-state index in [1.807, 2.05) is 0 Å². The SMILES string of the molecule is CCn1nc(C)cc1CC1(c2ccc(Br)cc2)CNC1. The van der Waals surface area contributed by atoms with Gasteiger partial charge in [-0.2, -0.15) is 5.10 Å². The van der Waals surface area contributed by atoms with Crippen molar-refractivity contribution in [3.63, 3.8) is 0 Å². The van der Waals surface area contributed by atoms with Gasteiger partial charge in [0.25, 0.3) is 0 Å². The predicted molar refractivity (Wildman–Crippen MR) is 85.0 cm³/mol. The lowest BCUT2D eigenvalue weighted by atomic mass is 9.72. The molecule has 1 fully saturated rings. The summed E-state index contributed by atoms with van der Waals surface area (Å²) in [6.45, 7) is 7.25. The van der Waals surface area contributed by atoms with Crippen LogP contribution in [0.1, 0.15) is 23.9 Å². The van der Waals surface area contributed by atoms with Gasteiger partial charge in [-0.05, 0) is 37.6 Å². The minimum Gasteiger partial charge on any atom is -0.315 e. The first-order valence-corrected chi connectivity index (χ1v) is 7.92. The summed E-state index contributed by atoms with van der Waals surface area (Å²) in [5.74, 6) is 0. The van der Waals surface area contributed by atoms with Crippen molar-refractivity contribution < 1.29 is 0 Å². The largest absolute Gasteiger partial charge is 0.315 e. The number of nitrogens with zero attached hydrogens (tertiary/aromatic N) is 2. The Morgan fingerprint density at radius 3 is 2.55 bits per heavy atom. The molecule has 0 saturated carbocycles. The Bertz CT molecular complexity index is 597. The molecule has 20 heavy (non-hydrogen) atoms. The Hall–Kier alpha value is -1.13. The Balaban J connectivity index is 1.91. The molecule has 4 heteroatoms. The molecule has 0 radical (unpaired) electrons. The summed E-state index contributed by atoms with van der Waals surface area (Å²) in [6.07, 6.45) is 1.05. The summed E-state index contributed by atoms with van der Waals surface area (Å²) < 4.78 is 3.27. The van der Waals surface area contributed by atoms with Crippen LogP contribution in [-0.4, -0.2) is 22.9 Å². The predicted octanol–water partition coefficient (Wildman–Crippen LogP) is 3.06. The molecule has 3 nitrogen and oxygen atoms in total. The number of hydrogen-bond acceptors (Lipinski definition) is 2. The van der Waals surface area contributed by atoms with Gasteiger partial charge in [0.2, 0.25) is 0 Å². The van der Waals surface area contributed by atoms with E-state index in [9.17, 15) is 0 Å². The average Bonchev–Trinajstić information content (AvgIpc) is 2.75. The van der Waals surface area contributed by atoms with Crippen molar-refractivity contribution in [2.45, 2.75) is 32.2 Å². The van der Waals surface area contributed by atoms with Gasteiger partial charge in [0.1, 0.15) is 0 Å². The summed E-state index contributed by atoms with van der Waals surface area (Å²) in [4.78, 5) is 0. The van der Waals surface area contributed by atoms with Crippen molar-refractivity contribution in [3.05, 3.63) is 51.8 Å². The van der Waals surface area contributed by atoms with Crippen molar-refractivity contribution in [1.29, 1.82) is 0 Å². The first-order valence-electron chi connectivity index (χ1n) is 7.13. The Kier molecular flexibility index (Phi) is 3.69. The third kappa shape index (κ3) is 2.42. The van der Waals surface area contributed by atoms with Crippen LogP contribution in [0.2, 0.25) is 0 Å². The van der Waals surface area contributed by atoms with Crippen LogP contribution in [-0.2, 0) is 18.4 Å². The molecule has 1 aromatic heterocycles. The molecule has 3 rings (SSSR count). The monoisotopic (exact) mass is 333 g/mol. The quantitative estimate of drug-likeness (QED) is 0.931. The Labute approximate surface area is 128 Å². The second-order valence-corrected chi connectivity index (χ2v) is 6.58. The van der Waals surface area contributed by atoms with E-state index in [-0.39, 0.29) is 5.41 Å². The molecule has 2 heterocycles. The van der Waals surface area contributed by atoms with Crippen LogP contribution >= 0.6 is 15.9 Å². The van der Waals surface area contributed by atoms with E-state index in [4.69, 9.17) is 0 Å². The fourth-order valence-electron chi connectivity index (χ4n) is 3.02. The number of rotatable bonds is 4. The molecule has 0 aliphatic carbocycles. The van der Waals surface area contributed by atoms with Crippen LogP contribution in [0, 0.1) is 6.92 Å². The minimum atomic E-state index is 0.222. The van der Waals surface area contributed by atoms with Crippen LogP contribution in [0.4, 0.5) is 0 Å². The second kappa shape index (κ2) is 5.34. The van der Waals surface area contributed by atoms with Gasteiger partial charge in [-0.3, -0.25) is 4.68 Å². The molecule has 0 bridgehead atoms. The molecule has 1 aliphatic heterocycles. The van der Waals surface area contributed by atoms with Gasteiger partial charge in [-0.25, -0.2) is 0 Å². The molecule has 0 amide bonds. The molecule has 0 spiro atoms. The topological polar surface area (TPSA) is 29.9 Å². The summed E-state index contributed by atoms with van der Waals surface area (Å²) >= 11 is 3.52. The molecule has 106 valence electrons. The number of aromatic nitrogens is 2. The smallest absolute Gasteiger partial charge is 0.0596 e. The van der Waals surface area contributed by atoms with Crippen LogP contribution in [0.5, 0.6) is 0 Å². The first kappa shape index (κ1) is 13.8. The number of benzene rings is 1. The molecular formula is C16H20BrN3. The van der Waals surface area contributed by atoms with Crippen LogP contribution < -0.4 is 5.32 Å². The number of hydrogen-bond donors (Lipinski definition) is 1. The van der Waals surface area contributed by atoms with Crippen LogP contribution in [0.25, 0.3) is 0 Å². The minimum absolute atomic E-state index is 0.222. The maximum Gasteiger partial charge on any atom is 0.0596 e. The number of aryl methyl sites for hydroxylation is 2. The first-order chi connectivity index (χ1) is 9.63. The van der Waals surface area contributed by atoms with E-state index in [1.165, 1.54) is 11.3 Å². The summed E-state index contributed by atoms with van der Waals surface area (Å²) in [5.41, 5.74) is 4.09. The van der Waals surface area contributed by atoms with E-state index < -0.39 is 0 Å². The summed E-state index contributed by atoms with van der Waals surface area (Å²) in [6, 6.07) is 11.0. The van der Waals surface area contributed by atoms with Crippen LogP contribution in [0.3, 0.4) is 0 Å². The molecule has 2 aromatic rings. The van der Waals surface area contributed by atoms with Gasteiger partial charge < -0.3 is 5.32 Å². The molecule has 1 saturated heterocycles. The highest BCUT2D eigenvalue weighted by Gasteiger charge is 2.39. The summed E-state index contributed by atoms with van der Waals surface area (Å²) in [5, 5.41) is 8.01. The third-order valence-corrected chi connectivity index (χ3v) is 4.72. The highest BCUT2D eigenvalue weighted by atomic mass is 79.9. The molecule has 0 atom stereocenters. The van der Waals surface area contributed by atoms with Gasteiger partial charge >= 0.3 is 0 Å². The van der Waals surface area contributed by atoms with Gasteiger partial charge in [0.15, 0.2) is 0 Å². The molecule has 0 unspecified atom stereocenters. The van der Waals surface area contributed by atoms with Crippen molar-refractivity contribution in [2.24, 2.45) is 0 Å². The van der Waals surface area contributed by atoms with Crippen molar-refractivity contribution in [1.82, 2.24) is 15.1 Å². The average molecular weight is 334 g/mol. The zero-order valence-electron chi connectivity index (χ0n) is 12.0. The Morgan fingerprint density at radius 1 is 1.30 bits per heavy atom. The fraction of sp³-hybridized carbons (Fsp3) is 0.438. The lowest BCUT2D eigenvalue weighted by Gasteiger charge is -2.43. The van der Waals surface area contributed by atoms with E-state index in [0.29, 0.717) is 0 Å². The standard InChI is InChI=1S/C16H20BrN3/c1-3-20-15(8-12(2)19-20)9-16(10-18-11-16)13-4-6-14(17)7-5-13/h4-8,18H,3,9-11H2,1-2H3. The lowest BCUT2D eigenvalue weighted by molar-refractivity contribution is 0.269. The van der Waals surface area contributed by atoms with Crippen molar-refractivity contribution in [2.75, 3.05) is 13.1 Å². The van der Waals surface area contributed by atoms with Crippen molar-refractivity contribution >= 4 is 15.9 Å². The van der Waals surface area contributed by atoms with E-state index in [0.717, 1.165) is 36.2 Å². The Morgan fingerprint density at radius 2 is 2.00 bits per heavy atom. The van der Waals surface area contributed by atoms with Crippen molar-refractivity contribution in [3.8, 4) is 0 Å². The van der Waals surface area contributed by atoms with Gasteiger partial charge in [-0.15, -0.1) is 0 Å². The zero-order chi connectivity index (χ0) is 14.2. The molecule has 1 aliphatic rings. The maximum atomic E-state index is 4.57. The van der Waals surface area contributed by atoms with Gasteiger partial charge in [0.05, 0.1) is 5.69 Å². The maximum absolute atomic E-state index is 4.57. The highest BCUT2D eigenvalue weighted by molar-refractivity contribution is 9.10. The van der Waals surface area contributed by atoms with E-state index in [2.05, 4.69) is 75.2 Å². The normalized spacial score (nSPS) is 16.9. The number of halogens is 1. The van der Waals surface area contributed by atoms with E-state index in [1.54, 1.807) is 0 Å². The molecule has 1 aromatic carbocycles. The zero-order valence-corrected chi connectivity index (χ0v) is 13.6.